The molecule has 1 aromatic carbocycles. The van der Waals surface area contributed by atoms with Gasteiger partial charge in [-0.05, 0) is 31.2 Å². The van der Waals surface area contributed by atoms with Crippen molar-refractivity contribution >= 4 is 22.5 Å². The number of pyridine rings is 1. The summed E-state index contributed by atoms with van der Waals surface area (Å²) in [6, 6.07) is 4.95. The summed E-state index contributed by atoms with van der Waals surface area (Å²) in [5.41, 5.74) is -0.398. The lowest BCUT2D eigenvalue weighted by Crippen LogP contribution is -2.55. The van der Waals surface area contributed by atoms with Crippen LogP contribution in [-0.2, 0) is 15.7 Å². The first-order chi connectivity index (χ1) is 14.2. The van der Waals surface area contributed by atoms with Gasteiger partial charge in [-0.15, -0.1) is 0 Å². The van der Waals surface area contributed by atoms with Crippen LogP contribution in [0.15, 0.2) is 30.5 Å². The number of benzene rings is 1. The van der Waals surface area contributed by atoms with E-state index in [1.54, 1.807) is 19.1 Å². The number of rotatable bonds is 3. The minimum Gasteiger partial charge on any atom is -0.365 e. The first-order valence-electron chi connectivity index (χ1n) is 9.74. The van der Waals surface area contributed by atoms with Gasteiger partial charge < -0.3 is 20.3 Å². The summed E-state index contributed by atoms with van der Waals surface area (Å²) < 4.78 is 59.7. The first kappa shape index (κ1) is 20.8. The Morgan fingerprint density at radius 3 is 2.77 bits per heavy atom. The van der Waals surface area contributed by atoms with Crippen LogP contribution in [0.3, 0.4) is 0 Å². The number of alkyl halides is 4. The van der Waals surface area contributed by atoms with Crippen LogP contribution >= 0.6 is 0 Å². The van der Waals surface area contributed by atoms with Crippen molar-refractivity contribution in [1.82, 2.24) is 15.6 Å². The molecule has 2 aliphatic rings. The number of carbonyl (C=O) groups excluding carboxylic acids is 1. The highest BCUT2D eigenvalue weighted by atomic mass is 19.4. The summed E-state index contributed by atoms with van der Waals surface area (Å²) >= 11 is 0. The zero-order chi connectivity index (χ0) is 21.5. The molecular weight excluding hydrogens is 404 g/mol. The molecule has 2 unspecified atom stereocenters. The third kappa shape index (κ3) is 4.06. The van der Waals surface area contributed by atoms with E-state index in [1.165, 1.54) is 12.3 Å². The number of carbonyl (C=O) groups is 1. The summed E-state index contributed by atoms with van der Waals surface area (Å²) in [4.78, 5) is 18.4. The number of fused-ring (bicyclic) bond motifs is 1. The molecule has 2 saturated heterocycles. The number of aromatic nitrogens is 1. The maximum atomic E-state index is 13.8. The number of hydrogen-bond acceptors (Lipinski definition) is 5. The molecule has 2 aliphatic heterocycles. The van der Waals surface area contributed by atoms with Crippen molar-refractivity contribution in [3.63, 3.8) is 0 Å². The van der Waals surface area contributed by atoms with Crippen LogP contribution in [0.5, 0.6) is 0 Å². The fourth-order valence-electron chi connectivity index (χ4n) is 4.02. The maximum absolute atomic E-state index is 13.8. The van der Waals surface area contributed by atoms with E-state index < -0.39 is 36.0 Å². The molecule has 2 N–H and O–H groups in total. The third-order valence-electron chi connectivity index (χ3n) is 5.41. The van der Waals surface area contributed by atoms with Crippen molar-refractivity contribution in [3.05, 3.63) is 36.0 Å². The van der Waals surface area contributed by atoms with Crippen LogP contribution in [0, 0.1) is 0 Å². The first-order valence-corrected chi connectivity index (χ1v) is 9.74. The Morgan fingerprint density at radius 1 is 1.27 bits per heavy atom. The SMILES string of the molecule is C[C@@H]1CN(c2ccc(C(F)(F)F)c3ncccc23)C[C@H](C(=O)NC2CNCC2F)O1. The van der Waals surface area contributed by atoms with Gasteiger partial charge in [-0.25, -0.2) is 4.39 Å². The highest BCUT2D eigenvalue weighted by molar-refractivity contribution is 5.94. The topological polar surface area (TPSA) is 66.5 Å². The number of nitrogens with one attached hydrogen (secondary N) is 2. The van der Waals surface area contributed by atoms with E-state index in [0.29, 0.717) is 24.2 Å². The van der Waals surface area contributed by atoms with E-state index in [-0.39, 0.29) is 24.7 Å². The normalized spacial score (nSPS) is 27.4. The van der Waals surface area contributed by atoms with E-state index in [4.69, 9.17) is 4.74 Å². The largest absolute Gasteiger partial charge is 0.418 e. The highest BCUT2D eigenvalue weighted by Gasteiger charge is 2.37. The van der Waals surface area contributed by atoms with Crippen LogP contribution in [0.25, 0.3) is 10.9 Å². The van der Waals surface area contributed by atoms with Crippen LogP contribution in [0.4, 0.5) is 23.2 Å². The molecule has 30 heavy (non-hydrogen) atoms. The molecule has 4 rings (SSSR count). The Morgan fingerprint density at radius 2 is 2.07 bits per heavy atom. The second-order valence-electron chi connectivity index (χ2n) is 7.66. The van der Waals surface area contributed by atoms with E-state index in [9.17, 15) is 22.4 Å². The van der Waals surface area contributed by atoms with Crippen molar-refractivity contribution in [2.75, 3.05) is 31.1 Å². The summed E-state index contributed by atoms with van der Waals surface area (Å²) in [7, 11) is 0. The van der Waals surface area contributed by atoms with Crippen molar-refractivity contribution < 1.29 is 27.1 Å². The molecule has 0 radical (unpaired) electrons. The van der Waals surface area contributed by atoms with Gasteiger partial charge in [0, 0.05) is 36.9 Å². The number of amides is 1. The fraction of sp³-hybridized carbons (Fsp3) is 0.500. The maximum Gasteiger partial charge on any atom is 0.418 e. The Bertz CT molecular complexity index is 939. The summed E-state index contributed by atoms with van der Waals surface area (Å²) in [5, 5.41) is 5.89. The zero-order valence-corrected chi connectivity index (χ0v) is 16.2. The Kier molecular flexibility index (Phi) is 5.54. The average Bonchev–Trinajstić information content (AvgIpc) is 3.10. The van der Waals surface area contributed by atoms with Gasteiger partial charge in [-0.1, -0.05) is 0 Å². The van der Waals surface area contributed by atoms with Crippen LogP contribution in [0.2, 0.25) is 0 Å². The van der Waals surface area contributed by atoms with Gasteiger partial charge in [0.25, 0.3) is 5.91 Å². The Balaban J connectivity index is 1.61. The molecule has 0 aliphatic carbocycles. The monoisotopic (exact) mass is 426 g/mol. The van der Waals surface area contributed by atoms with E-state index in [2.05, 4.69) is 15.6 Å². The molecule has 4 atom stereocenters. The molecule has 1 amide bonds. The van der Waals surface area contributed by atoms with Gasteiger partial charge in [0.05, 0.1) is 29.8 Å². The number of hydrogen-bond donors (Lipinski definition) is 2. The molecule has 162 valence electrons. The Hall–Kier alpha value is -2.46. The summed E-state index contributed by atoms with van der Waals surface area (Å²) in [6.45, 7) is 2.85. The second-order valence-corrected chi connectivity index (χ2v) is 7.66. The minimum atomic E-state index is -4.52. The number of morpholine rings is 1. The quantitative estimate of drug-likeness (QED) is 0.738. The van der Waals surface area contributed by atoms with E-state index >= 15 is 0 Å². The molecule has 0 saturated carbocycles. The van der Waals surface area contributed by atoms with Crippen molar-refractivity contribution in [2.24, 2.45) is 0 Å². The molecule has 2 fully saturated rings. The summed E-state index contributed by atoms with van der Waals surface area (Å²) in [6.07, 6.45) is -5.58. The number of ether oxygens (including phenoxy) is 1. The lowest BCUT2D eigenvalue weighted by Gasteiger charge is -2.38. The molecule has 2 aromatic rings. The molecule has 1 aromatic heterocycles. The third-order valence-corrected chi connectivity index (χ3v) is 5.41. The van der Waals surface area contributed by atoms with E-state index in [0.717, 1.165) is 6.07 Å². The van der Waals surface area contributed by atoms with Gasteiger partial charge in [-0.3, -0.25) is 9.78 Å². The zero-order valence-electron chi connectivity index (χ0n) is 16.2. The van der Waals surface area contributed by atoms with Gasteiger partial charge in [-0.2, -0.15) is 13.2 Å². The molecule has 0 bridgehead atoms. The van der Waals surface area contributed by atoms with Crippen molar-refractivity contribution in [2.45, 2.75) is 37.5 Å². The van der Waals surface area contributed by atoms with Crippen molar-refractivity contribution in [1.29, 1.82) is 0 Å². The number of anilines is 1. The molecule has 0 spiro atoms. The average molecular weight is 426 g/mol. The van der Waals surface area contributed by atoms with Gasteiger partial charge >= 0.3 is 6.18 Å². The molecule has 10 heteroatoms. The molecule has 6 nitrogen and oxygen atoms in total. The predicted molar refractivity (Wildman–Crippen MR) is 103 cm³/mol. The molecule has 3 heterocycles. The van der Waals surface area contributed by atoms with Crippen LogP contribution < -0.4 is 15.5 Å². The predicted octanol–water partition coefficient (Wildman–Crippen LogP) is 2.27. The standard InChI is InChI=1S/C20H22F4N4O2/c1-11-9-28(10-17(30-11)19(29)27-15-8-25-7-14(15)21)16-5-4-13(20(22,23)24)18-12(16)3-2-6-26-18/h2-6,11,14-15,17,25H,7-10H2,1H3,(H,27,29)/t11-,14?,15?,17-/m1/s1. The van der Waals surface area contributed by atoms with Gasteiger partial charge in [0.1, 0.15) is 6.17 Å². The number of nitrogens with zero attached hydrogens (tertiary/aromatic N) is 2. The van der Waals surface area contributed by atoms with Crippen LogP contribution in [-0.4, -0.2) is 61.5 Å². The highest BCUT2D eigenvalue weighted by Crippen LogP contribution is 2.38. The van der Waals surface area contributed by atoms with Crippen LogP contribution in [0.1, 0.15) is 12.5 Å². The lowest BCUT2D eigenvalue weighted by molar-refractivity contribution is -0.138. The Labute approximate surface area is 170 Å². The number of halogens is 4. The lowest BCUT2D eigenvalue weighted by atomic mass is 10.0. The summed E-state index contributed by atoms with van der Waals surface area (Å²) in [5.74, 6) is -0.433. The smallest absolute Gasteiger partial charge is 0.365 e. The van der Waals surface area contributed by atoms with E-state index in [1.807, 2.05) is 4.90 Å². The molecular formula is C20H22F4N4O2. The van der Waals surface area contributed by atoms with Gasteiger partial charge in [0.15, 0.2) is 6.10 Å². The second kappa shape index (κ2) is 7.99. The van der Waals surface area contributed by atoms with Gasteiger partial charge in [0.2, 0.25) is 0 Å². The minimum absolute atomic E-state index is 0.139. The fourth-order valence-corrected chi connectivity index (χ4v) is 4.02. The van der Waals surface area contributed by atoms with Crippen molar-refractivity contribution in [3.8, 4) is 0 Å².